The van der Waals surface area contributed by atoms with Gasteiger partial charge in [-0.05, 0) is 33.4 Å². The second-order valence-electron chi connectivity index (χ2n) is 6.09. The van der Waals surface area contributed by atoms with Gasteiger partial charge in [0, 0.05) is 0 Å². The molecule has 0 saturated carbocycles. The minimum absolute atomic E-state index is 0.775. The Morgan fingerprint density at radius 1 is 0.440 bits per heavy atom. The fourth-order valence-electron chi connectivity index (χ4n) is 3.27. The van der Waals surface area contributed by atoms with Gasteiger partial charge >= 0.3 is 0 Å². The second-order valence-corrected chi connectivity index (χ2v) is 6.09. The third kappa shape index (κ3) is 3.14. The molecule has 0 nitrogen and oxygen atoms in total. The van der Waals surface area contributed by atoms with E-state index in [1.807, 2.05) is 18.2 Å². The van der Waals surface area contributed by atoms with Crippen LogP contribution in [-0.4, -0.2) is 7.85 Å². The van der Waals surface area contributed by atoms with Gasteiger partial charge in [-0.2, -0.15) is 0 Å². The Balaban J connectivity index is 2.07. The maximum absolute atomic E-state index is 6.28. The molecule has 0 bridgehead atoms. The predicted molar refractivity (Wildman–Crippen MR) is 108 cm³/mol. The molecule has 0 spiro atoms. The lowest BCUT2D eigenvalue weighted by molar-refractivity contribution is 1.57. The van der Waals surface area contributed by atoms with Crippen molar-refractivity contribution in [2.75, 3.05) is 0 Å². The van der Waals surface area contributed by atoms with Crippen molar-refractivity contribution in [3.8, 4) is 33.4 Å². The molecule has 0 aromatic heterocycles. The fraction of sp³-hybridized carbons (Fsp3) is 0. The summed E-state index contributed by atoms with van der Waals surface area (Å²) in [7, 11) is 6.28. The lowest BCUT2D eigenvalue weighted by Gasteiger charge is -2.18. The van der Waals surface area contributed by atoms with E-state index in [1.54, 1.807) is 0 Å². The molecule has 0 atom stereocenters. The monoisotopic (exact) mass is 316 g/mol. The summed E-state index contributed by atoms with van der Waals surface area (Å²) < 4.78 is 0. The molecule has 0 N–H and O–H groups in total. The van der Waals surface area contributed by atoms with Crippen molar-refractivity contribution in [2.45, 2.75) is 0 Å². The topological polar surface area (TPSA) is 0 Å². The number of hydrogen-bond acceptors (Lipinski definition) is 0. The van der Waals surface area contributed by atoms with E-state index < -0.39 is 0 Å². The predicted octanol–water partition coefficient (Wildman–Crippen LogP) is 5.48. The standard InChI is InChI=1S/C24H17B/c25-21-16-22(18-10-4-1-5-11-18)24(20-14-8-3-9-15-20)23(17-21)19-12-6-2-7-13-19/h1-17H. The number of rotatable bonds is 3. The fourth-order valence-corrected chi connectivity index (χ4v) is 3.27. The van der Waals surface area contributed by atoms with Crippen LogP contribution in [-0.2, 0) is 0 Å². The molecule has 0 aliphatic heterocycles. The molecule has 2 radical (unpaired) electrons. The highest BCUT2D eigenvalue weighted by molar-refractivity contribution is 6.33. The zero-order chi connectivity index (χ0) is 17.1. The van der Waals surface area contributed by atoms with E-state index in [9.17, 15) is 0 Å². The van der Waals surface area contributed by atoms with Crippen LogP contribution in [0.3, 0.4) is 0 Å². The van der Waals surface area contributed by atoms with Gasteiger partial charge in [0.25, 0.3) is 0 Å². The molecular formula is C24H17B. The summed E-state index contributed by atoms with van der Waals surface area (Å²) in [6.45, 7) is 0. The van der Waals surface area contributed by atoms with Crippen LogP contribution in [0, 0.1) is 0 Å². The molecule has 116 valence electrons. The van der Waals surface area contributed by atoms with Crippen LogP contribution >= 0.6 is 0 Å². The maximum atomic E-state index is 6.28. The van der Waals surface area contributed by atoms with Gasteiger partial charge < -0.3 is 0 Å². The van der Waals surface area contributed by atoms with Gasteiger partial charge in [0.2, 0.25) is 0 Å². The summed E-state index contributed by atoms with van der Waals surface area (Å²) in [6.07, 6.45) is 0. The van der Waals surface area contributed by atoms with Crippen molar-refractivity contribution in [2.24, 2.45) is 0 Å². The summed E-state index contributed by atoms with van der Waals surface area (Å²) in [5.74, 6) is 0. The van der Waals surface area contributed by atoms with Crippen LogP contribution in [0.25, 0.3) is 33.4 Å². The Labute approximate surface area is 150 Å². The van der Waals surface area contributed by atoms with Gasteiger partial charge in [-0.3, -0.25) is 0 Å². The Morgan fingerprint density at radius 3 is 1.20 bits per heavy atom. The maximum Gasteiger partial charge on any atom is 0.113 e. The van der Waals surface area contributed by atoms with Gasteiger partial charge in [-0.15, -0.1) is 0 Å². The van der Waals surface area contributed by atoms with E-state index in [4.69, 9.17) is 7.85 Å². The summed E-state index contributed by atoms with van der Waals surface area (Å²) in [5.41, 5.74) is 7.85. The third-order valence-electron chi connectivity index (χ3n) is 4.39. The number of hydrogen-bond donors (Lipinski definition) is 0. The van der Waals surface area contributed by atoms with E-state index in [1.165, 1.54) is 22.3 Å². The van der Waals surface area contributed by atoms with Gasteiger partial charge in [0.15, 0.2) is 0 Å². The van der Waals surface area contributed by atoms with Crippen LogP contribution < -0.4 is 5.46 Å². The third-order valence-corrected chi connectivity index (χ3v) is 4.39. The molecule has 4 aromatic carbocycles. The summed E-state index contributed by atoms with van der Waals surface area (Å²) in [4.78, 5) is 0. The van der Waals surface area contributed by atoms with Crippen LogP contribution in [0.1, 0.15) is 0 Å². The molecule has 25 heavy (non-hydrogen) atoms. The molecule has 0 unspecified atom stereocenters. The summed E-state index contributed by atoms with van der Waals surface area (Å²) in [5, 5.41) is 0. The molecule has 0 aliphatic carbocycles. The van der Waals surface area contributed by atoms with E-state index >= 15 is 0 Å². The SMILES string of the molecule is [B]c1cc(-c2ccccc2)c(-c2ccccc2)c(-c2ccccc2)c1. The van der Waals surface area contributed by atoms with Gasteiger partial charge in [0.05, 0.1) is 0 Å². The Morgan fingerprint density at radius 2 is 0.800 bits per heavy atom. The normalized spacial score (nSPS) is 10.6. The lowest BCUT2D eigenvalue weighted by atomic mass is 9.82. The highest BCUT2D eigenvalue weighted by Crippen LogP contribution is 2.39. The molecule has 4 aromatic rings. The minimum atomic E-state index is 0.775. The average Bonchev–Trinajstić information content (AvgIpc) is 2.69. The van der Waals surface area contributed by atoms with Crippen molar-refractivity contribution in [3.63, 3.8) is 0 Å². The first-order valence-electron chi connectivity index (χ1n) is 8.43. The van der Waals surface area contributed by atoms with Crippen LogP contribution in [0.15, 0.2) is 103 Å². The Hall–Kier alpha value is -3.06. The van der Waals surface area contributed by atoms with Crippen LogP contribution in [0.4, 0.5) is 0 Å². The second kappa shape index (κ2) is 6.82. The van der Waals surface area contributed by atoms with E-state index in [0.29, 0.717) is 0 Å². The molecule has 0 fully saturated rings. The molecule has 1 heteroatoms. The molecule has 0 aliphatic rings. The van der Waals surface area contributed by atoms with Crippen molar-refractivity contribution in [1.29, 1.82) is 0 Å². The highest BCUT2D eigenvalue weighted by Gasteiger charge is 2.14. The van der Waals surface area contributed by atoms with Gasteiger partial charge in [-0.1, -0.05) is 109 Å². The first kappa shape index (κ1) is 15.5. The Kier molecular flexibility index (Phi) is 4.22. The van der Waals surface area contributed by atoms with Crippen LogP contribution in [0.2, 0.25) is 0 Å². The van der Waals surface area contributed by atoms with Gasteiger partial charge in [0.1, 0.15) is 7.85 Å². The molecular weight excluding hydrogens is 299 g/mol. The first-order valence-corrected chi connectivity index (χ1v) is 8.43. The number of benzene rings is 4. The quantitative estimate of drug-likeness (QED) is 0.439. The van der Waals surface area contributed by atoms with E-state index in [0.717, 1.165) is 16.6 Å². The summed E-state index contributed by atoms with van der Waals surface area (Å²) >= 11 is 0. The molecule has 4 rings (SSSR count). The van der Waals surface area contributed by atoms with Crippen molar-refractivity contribution >= 4 is 13.3 Å². The van der Waals surface area contributed by atoms with E-state index in [-0.39, 0.29) is 0 Å². The highest BCUT2D eigenvalue weighted by atomic mass is 14.2. The molecule has 0 heterocycles. The Bertz CT molecular complexity index is 914. The van der Waals surface area contributed by atoms with Crippen LogP contribution in [0.5, 0.6) is 0 Å². The van der Waals surface area contributed by atoms with Crippen molar-refractivity contribution in [1.82, 2.24) is 0 Å². The minimum Gasteiger partial charge on any atom is -0.0954 e. The van der Waals surface area contributed by atoms with Crippen molar-refractivity contribution in [3.05, 3.63) is 103 Å². The first-order chi connectivity index (χ1) is 12.3. The molecule has 0 saturated heterocycles. The lowest BCUT2D eigenvalue weighted by Crippen LogP contribution is -2.05. The largest absolute Gasteiger partial charge is 0.113 e. The van der Waals surface area contributed by atoms with Crippen molar-refractivity contribution < 1.29 is 0 Å². The smallest absolute Gasteiger partial charge is 0.0954 e. The summed E-state index contributed by atoms with van der Waals surface area (Å²) in [6, 6.07) is 35.5. The average molecular weight is 316 g/mol. The zero-order valence-corrected chi connectivity index (χ0v) is 13.9. The zero-order valence-electron chi connectivity index (χ0n) is 13.9. The molecule has 0 amide bonds. The van der Waals surface area contributed by atoms with E-state index in [2.05, 4.69) is 84.9 Å². The van der Waals surface area contributed by atoms with Gasteiger partial charge in [-0.25, -0.2) is 0 Å².